The lowest BCUT2D eigenvalue weighted by molar-refractivity contribution is 0.434. The zero-order valence-corrected chi connectivity index (χ0v) is 29.0. The molecular formula is C51H36O. The van der Waals surface area contributed by atoms with Crippen LogP contribution >= 0.6 is 0 Å². The average Bonchev–Trinajstić information content (AvgIpc) is 3.49. The van der Waals surface area contributed by atoms with Crippen LogP contribution in [-0.4, -0.2) is 0 Å². The Morgan fingerprint density at radius 2 is 0.769 bits per heavy atom. The Morgan fingerprint density at radius 3 is 1.40 bits per heavy atom. The first-order chi connectivity index (χ1) is 25.7. The van der Waals surface area contributed by atoms with E-state index in [0.717, 1.165) is 28.2 Å². The van der Waals surface area contributed by atoms with Crippen LogP contribution in [0.3, 0.4) is 0 Å². The van der Waals surface area contributed by atoms with E-state index in [1.807, 2.05) is 0 Å². The quantitative estimate of drug-likeness (QED) is 0.178. The van der Waals surface area contributed by atoms with E-state index in [9.17, 15) is 0 Å². The van der Waals surface area contributed by atoms with E-state index in [1.54, 1.807) is 0 Å². The molecule has 0 bridgehead atoms. The Morgan fingerprint density at radius 1 is 0.327 bits per heavy atom. The highest BCUT2D eigenvalue weighted by molar-refractivity contribution is 5.86. The maximum atomic E-state index is 6.65. The molecule has 1 heteroatoms. The van der Waals surface area contributed by atoms with Gasteiger partial charge in [0.25, 0.3) is 0 Å². The van der Waals surface area contributed by atoms with Gasteiger partial charge in [0.15, 0.2) is 0 Å². The fraction of sp³-hybridized carbons (Fsp3) is 0.0588. The second-order valence-corrected chi connectivity index (χ2v) is 14.2. The van der Waals surface area contributed by atoms with Crippen molar-refractivity contribution in [3.63, 3.8) is 0 Å². The largest absolute Gasteiger partial charge is 0.457 e. The minimum Gasteiger partial charge on any atom is -0.457 e. The average molecular weight is 665 g/mol. The normalized spacial score (nSPS) is 16.2. The van der Waals surface area contributed by atoms with Gasteiger partial charge in [0, 0.05) is 16.5 Å². The Hall–Kier alpha value is -6.44. The summed E-state index contributed by atoms with van der Waals surface area (Å²) < 4.78 is 6.65. The summed E-state index contributed by atoms with van der Waals surface area (Å²) in [6, 6.07) is 72.8. The van der Waals surface area contributed by atoms with Gasteiger partial charge in [0.05, 0.1) is 5.41 Å². The molecule has 0 N–H and O–H groups in total. The van der Waals surface area contributed by atoms with E-state index < -0.39 is 5.41 Å². The van der Waals surface area contributed by atoms with E-state index in [4.69, 9.17) is 4.74 Å². The van der Waals surface area contributed by atoms with Gasteiger partial charge in [0.2, 0.25) is 0 Å². The summed E-state index contributed by atoms with van der Waals surface area (Å²) in [6.45, 7) is 2.38. The predicted molar refractivity (Wildman–Crippen MR) is 213 cm³/mol. The molecule has 0 saturated carbocycles. The van der Waals surface area contributed by atoms with Gasteiger partial charge in [0.1, 0.15) is 11.5 Å². The highest BCUT2D eigenvalue weighted by Crippen LogP contribution is 2.56. The fourth-order valence-corrected chi connectivity index (χ4v) is 8.99. The maximum Gasteiger partial charge on any atom is 0.132 e. The molecule has 0 radical (unpaired) electrons. The van der Waals surface area contributed by atoms with E-state index in [1.165, 1.54) is 55.6 Å². The summed E-state index contributed by atoms with van der Waals surface area (Å²) in [4.78, 5) is 0. The summed E-state index contributed by atoms with van der Waals surface area (Å²) >= 11 is 0. The van der Waals surface area contributed by atoms with Crippen molar-refractivity contribution in [1.82, 2.24) is 0 Å². The van der Waals surface area contributed by atoms with Gasteiger partial charge in [-0.15, -0.1) is 0 Å². The predicted octanol–water partition coefficient (Wildman–Crippen LogP) is 12.8. The molecule has 1 aliphatic carbocycles. The van der Waals surface area contributed by atoms with Crippen LogP contribution in [0.15, 0.2) is 200 Å². The summed E-state index contributed by atoms with van der Waals surface area (Å²) in [5.41, 5.74) is 15.4. The van der Waals surface area contributed by atoms with Gasteiger partial charge in [-0.05, 0) is 92.4 Å². The van der Waals surface area contributed by atoms with E-state index in [-0.39, 0.29) is 5.41 Å². The van der Waals surface area contributed by atoms with Gasteiger partial charge < -0.3 is 4.74 Å². The molecule has 52 heavy (non-hydrogen) atoms. The molecular weight excluding hydrogens is 629 g/mol. The summed E-state index contributed by atoms with van der Waals surface area (Å²) in [7, 11) is 0. The van der Waals surface area contributed by atoms with Crippen LogP contribution in [0, 0.1) is 0 Å². The monoisotopic (exact) mass is 664 g/mol. The highest BCUT2D eigenvalue weighted by atomic mass is 16.5. The van der Waals surface area contributed by atoms with E-state index >= 15 is 0 Å². The minimum absolute atomic E-state index is 0.225. The molecule has 0 aromatic heterocycles. The van der Waals surface area contributed by atoms with Crippen molar-refractivity contribution in [3.8, 4) is 44.9 Å². The molecule has 1 aliphatic heterocycles. The molecule has 0 fully saturated rings. The van der Waals surface area contributed by atoms with Gasteiger partial charge in [-0.1, -0.05) is 176 Å². The summed E-state index contributed by atoms with van der Waals surface area (Å²) in [5.74, 6) is 1.77. The lowest BCUT2D eigenvalue weighted by Gasteiger charge is -2.41. The van der Waals surface area contributed by atoms with Crippen LogP contribution in [0.1, 0.15) is 45.9 Å². The molecule has 246 valence electrons. The third kappa shape index (κ3) is 4.42. The lowest BCUT2D eigenvalue weighted by atomic mass is 9.63. The minimum atomic E-state index is -0.546. The van der Waals surface area contributed by atoms with E-state index in [2.05, 4.69) is 207 Å². The zero-order chi connectivity index (χ0) is 34.7. The second-order valence-electron chi connectivity index (χ2n) is 14.2. The summed E-state index contributed by atoms with van der Waals surface area (Å²) in [6.07, 6.45) is 0. The number of fused-ring (bicyclic) bond motifs is 5. The zero-order valence-electron chi connectivity index (χ0n) is 29.0. The van der Waals surface area contributed by atoms with Gasteiger partial charge in [-0.2, -0.15) is 0 Å². The molecule has 1 heterocycles. The number of rotatable bonds is 5. The highest BCUT2D eigenvalue weighted by Gasteiger charge is 2.45. The molecule has 8 aromatic rings. The molecule has 8 aromatic carbocycles. The topological polar surface area (TPSA) is 9.23 Å². The van der Waals surface area contributed by atoms with Crippen molar-refractivity contribution >= 4 is 0 Å². The van der Waals surface area contributed by atoms with Gasteiger partial charge >= 0.3 is 0 Å². The molecule has 1 nitrogen and oxygen atoms in total. The SMILES string of the molecule is CC1(c2ccccc2)c2ccccc2-c2ccc(-c3ccc(-c4ccc5c(c4)C(c4ccccc4)(c4ccccc4)c4ccccc4O5)cc3)cc21. The van der Waals surface area contributed by atoms with Crippen molar-refractivity contribution in [1.29, 1.82) is 0 Å². The van der Waals surface area contributed by atoms with Gasteiger partial charge in [-0.3, -0.25) is 0 Å². The van der Waals surface area contributed by atoms with Crippen molar-refractivity contribution in [2.24, 2.45) is 0 Å². The number of benzene rings is 8. The van der Waals surface area contributed by atoms with Crippen LogP contribution in [0.2, 0.25) is 0 Å². The Labute approximate surface area is 305 Å². The first-order valence-electron chi connectivity index (χ1n) is 18.1. The summed E-state index contributed by atoms with van der Waals surface area (Å²) in [5, 5.41) is 0. The number of ether oxygens (including phenoxy) is 1. The smallest absolute Gasteiger partial charge is 0.132 e. The second kappa shape index (κ2) is 11.8. The van der Waals surface area contributed by atoms with Crippen molar-refractivity contribution in [2.45, 2.75) is 17.8 Å². The van der Waals surface area contributed by atoms with Gasteiger partial charge in [-0.25, -0.2) is 0 Å². The fourth-order valence-electron chi connectivity index (χ4n) is 8.99. The number of para-hydroxylation sites is 1. The molecule has 0 amide bonds. The number of hydrogen-bond donors (Lipinski definition) is 0. The first kappa shape index (κ1) is 30.4. The number of hydrogen-bond acceptors (Lipinski definition) is 1. The van der Waals surface area contributed by atoms with Crippen LogP contribution in [0.25, 0.3) is 33.4 Å². The molecule has 1 unspecified atom stereocenters. The standard InChI is InChI=1S/C51H36O/c1-50(39-15-5-2-6-16-39)44-22-12-11-21-42(44)43-31-29-37(33-46(43)50)35-25-27-36(28-26-35)38-30-32-49-47(34-38)51(40-17-7-3-8-18-40,41-19-9-4-10-20-41)45-23-13-14-24-48(45)52-49/h2-34H,1H3. The van der Waals surface area contributed by atoms with Crippen molar-refractivity contribution in [2.75, 3.05) is 0 Å². The Kier molecular flexibility index (Phi) is 6.91. The van der Waals surface area contributed by atoms with Crippen LogP contribution in [-0.2, 0) is 10.8 Å². The molecule has 10 rings (SSSR count). The Balaban J connectivity index is 1.08. The van der Waals surface area contributed by atoms with Crippen LogP contribution < -0.4 is 4.74 Å². The van der Waals surface area contributed by atoms with Crippen molar-refractivity contribution in [3.05, 3.63) is 239 Å². The molecule has 0 spiro atoms. The van der Waals surface area contributed by atoms with Crippen molar-refractivity contribution < 1.29 is 4.74 Å². The Bertz CT molecular complexity index is 2550. The van der Waals surface area contributed by atoms with Crippen LogP contribution in [0.4, 0.5) is 0 Å². The first-order valence-corrected chi connectivity index (χ1v) is 18.1. The third-order valence-electron chi connectivity index (χ3n) is 11.5. The molecule has 2 aliphatic rings. The molecule has 0 saturated heterocycles. The molecule has 1 atom stereocenters. The van der Waals surface area contributed by atoms with E-state index in [0.29, 0.717) is 0 Å². The maximum absolute atomic E-state index is 6.65. The third-order valence-corrected chi connectivity index (χ3v) is 11.5. The van der Waals surface area contributed by atoms with Crippen LogP contribution in [0.5, 0.6) is 11.5 Å². The lowest BCUT2D eigenvalue weighted by Crippen LogP contribution is -2.34.